The molecule has 7 nitrogen and oxygen atoms in total. The summed E-state index contributed by atoms with van der Waals surface area (Å²) in [7, 11) is 1.34. The number of ether oxygens (including phenoxy) is 1. The number of rotatable bonds is 3. The van der Waals surface area contributed by atoms with Crippen LogP contribution in [0, 0.1) is 5.92 Å². The summed E-state index contributed by atoms with van der Waals surface area (Å²) in [6, 6.07) is -0.285. The van der Waals surface area contributed by atoms with E-state index in [-0.39, 0.29) is 11.9 Å². The molecule has 8 heteroatoms. The molecule has 136 valence electrons. The third-order valence-electron chi connectivity index (χ3n) is 4.91. The molecule has 25 heavy (non-hydrogen) atoms. The molecule has 0 spiro atoms. The molecular formula is C17H22N2O5S. The molecule has 1 aromatic rings. The van der Waals surface area contributed by atoms with Crippen molar-refractivity contribution in [3.05, 3.63) is 16.0 Å². The number of carboxylic acids is 1. The molecule has 0 aromatic carbocycles. The van der Waals surface area contributed by atoms with E-state index in [1.165, 1.54) is 18.4 Å². The van der Waals surface area contributed by atoms with E-state index in [4.69, 9.17) is 9.84 Å². The largest absolute Gasteiger partial charge is 0.481 e. The minimum Gasteiger partial charge on any atom is -0.481 e. The fourth-order valence-electron chi connectivity index (χ4n) is 3.48. The summed E-state index contributed by atoms with van der Waals surface area (Å²) >= 11 is 1.45. The monoisotopic (exact) mass is 366 g/mol. The third kappa shape index (κ3) is 3.63. The van der Waals surface area contributed by atoms with Crippen LogP contribution in [-0.4, -0.2) is 48.2 Å². The number of hydrogen-bond donors (Lipinski definition) is 2. The van der Waals surface area contributed by atoms with Crippen LogP contribution in [0.5, 0.6) is 0 Å². The lowest BCUT2D eigenvalue weighted by Gasteiger charge is -2.30. The number of methoxy groups -OCH3 is 1. The maximum atomic E-state index is 12.5. The maximum absolute atomic E-state index is 12.5. The van der Waals surface area contributed by atoms with Gasteiger partial charge in [0.15, 0.2) is 0 Å². The Balaban J connectivity index is 1.74. The number of amides is 2. The van der Waals surface area contributed by atoms with Crippen molar-refractivity contribution in [2.45, 2.75) is 38.5 Å². The highest BCUT2D eigenvalue weighted by Gasteiger charge is 2.30. The Hall–Kier alpha value is -2.09. The minimum absolute atomic E-state index is 0.285. The lowest BCUT2D eigenvalue weighted by Crippen LogP contribution is -2.42. The van der Waals surface area contributed by atoms with Gasteiger partial charge >= 0.3 is 18.0 Å². The van der Waals surface area contributed by atoms with Gasteiger partial charge in [-0.05, 0) is 44.1 Å². The standard InChI is InChI=1S/C17H22N2O5S/c1-24-16(22)13-11-4-2-3-5-12(11)25-14(13)18-17(23)19-8-6-10(7-9-19)15(20)21/h10H,2-9H2,1H3,(H,18,23)(H,20,21). The summed E-state index contributed by atoms with van der Waals surface area (Å²) in [4.78, 5) is 38.5. The number of fused-ring (bicyclic) bond motifs is 1. The van der Waals surface area contributed by atoms with E-state index in [1.807, 2.05) is 0 Å². The Morgan fingerprint density at radius 3 is 2.52 bits per heavy atom. The van der Waals surface area contributed by atoms with E-state index < -0.39 is 11.9 Å². The highest BCUT2D eigenvalue weighted by Crippen LogP contribution is 2.38. The SMILES string of the molecule is COC(=O)c1c(NC(=O)N2CCC(C(=O)O)CC2)sc2c1CCCC2. The summed E-state index contributed by atoms with van der Waals surface area (Å²) in [5, 5.41) is 12.4. The molecule has 2 aliphatic rings. The van der Waals surface area contributed by atoms with Gasteiger partial charge in [0.2, 0.25) is 0 Å². The fourth-order valence-corrected chi connectivity index (χ4v) is 4.74. The summed E-state index contributed by atoms with van der Waals surface area (Å²) in [5.74, 6) is -1.61. The summed E-state index contributed by atoms with van der Waals surface area (Å²) in [6.07, 6.45) is 4.77. The molecule has 0 radical (unpaired) electrons. The topological polar surface area (TPSA) is 95.9 Å². The van der Waals surface area contributed by atoms with Crippen molar-refractivity contribution in [3.63, 3.8) is 0 Å². The van der Waals surface area contributed by atoms with E-state index in [0.717, 1.165) is 36.1 Å². The molecule has 0 saturated carbocycles. The molecule has 1 aromatic heterocycles. The number of likely N-dealkylation sites (tertiary alicyclic amines) is 1. The highest BCUT2D eigenvalue weighted by molar-refractivity contribution is 7.17. The predicted octanol–water partition coefficient (Wildman–Crippen LogP) is 2.74. The van der Waals surface area contributed by atoms with Crippen molar-refractivity contribution in [1.29, 1.82) is 0 Å². The number of hydrogen-bond acceptors (Lipinski definition) is 5. The van der Waals surface area contributed by atoms with Crippen LogP contribution < -0.4 is 5.32 Å². The zero-order valence-electron chi connectivity index (χ0n) is 14.2. The van der Waals surface area contributed by atoms with Gasteiger partial charge in [-0.1, -0.05) is 0 Å². The molecule has 3 rings (SSSR count). The van der Waals surface area contributed by atoms with Crippen molar-refractivity contribution in [3.8, 4) is 0 Å². The van der Waals surface area contributed by atoms with Crippen molar-refractivity contribution in [2.75, 3.05) is 25.5 Å². The van der Waals surface area contributed by atoms with Crippen molar-refractivity contribution >= 4 is 34.3 Å². The summed E-state index contributed by atoms with van der Waals surface area (Å²) in [5.41, 5.74) is 1.49. The van der Waals surface area contributed by atoms with Crippen LogP contribution in [0.15, 0.2) is 0 Å². The number of urea groups is 1. The first kappa shape index (κ1) is 17.7. The zero-order valence-corrected chi connectivity index (χ0v) is 15.0. The van der Waals surface area contributed by atoms with Crippen molar-refractivity contribution < 1.29 is 24.2 Å². The fraction of sp³-hybridized carbons (Fsp3) is 0.588. The molecule has 1 aliphatic carbocycles. The summed E-state index contributed by atoms with van der Waals surface area (Å²) in [6.45, 7) is 0.808. The predicted molar refractivity (Wildman–Crippen MR) is 93.3 cm³/mol. The Bertz CT molecular complexity index is 691. The number of piperidine rings is 1. The van der Waals surface area contributed by atoms with Crippen LogP contribution in [-0.2, 0) is 22.4 Å². The average molecular weight is 366 g/mol. The van der Waals surface area contributed by atoms with Crippen LogP contribution >= 0.6 is 11.3 Å². The van der Waals surface area contributed by atoms with Gasteiger partial charge in [0.25, 0.3) is 0 Å². The first-order chi connectivity index (χ1) is 12.0. The second-order valence-corrected chi connectivity index (χ2v) is 7.54. The number of nitrogens with zero attached hydrogens (tertiary/aromatic N) is 1. The highest BCUT2D eigenvalue weighted by atomic mass is 32.1. The molecule has 0 bridgehead atoms. The quantitative estimate of drug-likeness (QED) is 0.802. The number of aryl methyl sites for hydroxylation is 1. The second-order valence-electron chi connectivity index (χ2n) is 6.44. The van der Waals surface area contributed by atoms with Crippen LogP contribution in [0.2, 0.25) is 0 Å². The lowest BCUT2D eigenvalue weighted by atomic mass is 9.95. The van der Waals surface area contributed by atoms with Crippen LogP contribution in [0.3, 0.4) is 0 Å². The average Bonchev–Trinajstić information content (AvgIpc) is 2.98. The van der Waals surface area contributed by atoms with Gasteiger partial charge in [-0.15, -0.1) is 11.3 Å². The summed E-state index contributed by atoms with van der Waals surface area (Å²) < 4.78 is 4.91. The number of anilines is 1. The smallest absolute Gasteiger partial charge is 0.341 e. The molecule has 0 atom stereocenters. The molecule has 0 unspecified atom stereocenters. The maximum Gasteiger partial charge on any atom is 0.341 e. The molecular weight excluding hydrogens is 344 g/mol. The van der Waals surface area contributed by atoms with Gasteiger partial charge < -0.3 is 14.7 Å². The van der Waals surface area contributed by atoms with Gasteiger partial charge in [0.05, 0.1) is 18.6 Å². The van der Waals surface area contributed by atoms with Crippen LogP contribution in [0.4, 0.5) is 9.80 Å². The Morgan fingerprint density at radius 2 is 1.88 bits per heavy atom. The normalized spacial score (nSPS) is 17.7. The van der Waals surface area contributed by atoms with E-state index in [2.05, 4.69) is 5.32 Å². The van der Waals surface area contributed by atoms with E-state index in [1.54, 1.807) is 4.90 Å². The van der Waals surface area contributed by atoms with E-state index >= 15 is 0 Å². The van der Waals surface area contributed by atoms with E-state index in [0.29, 0.717) is 36.5 Å². The lowest BCUT2D eigenvalue weighted by molar-refractivity contribution is -0.143. The molecule has 1 saturated heterocycles. The molecule has 2 heterocycles. The van der Waals surface area contributed by atoms with Gasteiger partial charge in [-0.25, -0.2) is 9.59 Å². The number of aliphatic carboxylic acids is 1. The number of nitrogens with one attached hydrogen (secondary N) is 1. The first-order valence-corrected chi connectivity index (χ1v) is 9.34. The first-order valence-electron chi connectivity index (χ1n) is 8.52. The van der Waals surface area contributed by atoms with Gasteiger partial charge in [0, 0.05) is 18.0 Å². The number of esters is 1. The zero-order chi connectivity index (χ0) is 18.0. The van der Waals surface area contributed by atoms with E-state index in [9.17, 15) is 14.4 Å². The van der Waals surface area contributed by atoms with Gasteiger partial charge in [-0.2, -0.15) is 0 Å². The Morgan fingerprint density at radius 1 is 1.20 bits per heavy atom. The van der Waals surface area contributed by atoms with Gasteiger partial charge in [-0.3, -0.25) is 10.1 Å². The number of carbonyl (C=O) groups excluding carboxylic acids is 2. The number of carbonyl (C=O) groups is 3. The molecule has 2 N–H and O–H groups in total. The van der Waals surface area contributed by atoms with Crippen LogP contribution in [0.25, 0.3) is 0 Å². The molecule has 1 aliphatic heterocycles. The Kier molecular flexibility index (Phi) is 5.27. The number of thiophene rings is 1. The van der Waals surface area contributed by atoms with Crippen LogP contribution in [0.1, 0.15) is 46.5 Å². The van der Waals surface area contributed by atoms with Crippen molar-refractivity contribution in [1.82, 2.24) is 4.90 Å². The third-order valence-corrected chi connectivity index (χ3v) is 6.12. The van der Waals surface area contributed by atoms with Gasteiger partial charge in [0.1, 0.15) is 5.00 Å². The minimum atomic E-state index is -0.807. The number of carboxylic acid groups (broad SMARTS) is 1. The second kappa shape index (κ2) is 7.43. The molecule has 2 amide bonds. The Labute approximate surface area is 150 Å². The molecule has 1 fully saturated rings. The van der Waals surface area contributed by atoms with Crippen molar-refractivity contribution in [2.24, 2.45) is 5.92 Å².